The van der Waals surface area contributed by atoms with E-state index in [-0.39, 0.29) is 5.88 Å². The lowest BCUT2D eigenvalue weighted by atomic mass is 10.0. The third kappa shape index (κ3) is 1.38. The first-order valence-corrected chi connectivity index (χ1v) is 4.01. The normalized spacial score (nSPS) is 8.93. The maximum Gasteiger partial charge on any atom is 0.231 e. The molecule has 1 aromatic heterocycles. The maximum absolute atomic E-state index is 8.86. The fourth-order valence-corrected chi connectivity index (χ4v) is 1.27. The van der Waals surface area contributed by atoms with Crippen LogP contribution in [0.4, 0.5) is 0 Å². The van der Waals surface area contributed by atoms with Crippen molar-refractivity contribution in [3.05, 3.63) is 22.4 Å². The highest BCUT2D eigenvalue weighted by atomic mass is 16.5. The van der Waals surface area contributed by atoms with E-state index in [1.54, 1.807) is 13.8 Å². The van der Waals surface area contributed by atoms with Gasteiger partial charge in [0.25, 0.3) is 0 Å². The SMILES string of the molecule is COc1nc(C)c(C#N)c(C)c1C#N. The van der Waals surface area contributed by atoms with E-state index in [0.29, 0.717) is 22.4 Å². The molecule has 0 radical (unpaired) electrons. The molecule has 0 bridgehead atoms. The third-order valence-corrected chi connectivity index (χ3v) is 2.01. The number of aromatic nitrogens is 1. The second-order valence-corrected chi connectivity index (χ2v) is 2.81. The van der Waals surface area contributed by atoms with Crippen molar-refractivity contribution in [2.24, 2.45) is 0 Å². The van der Waals surface area contributed by atoms with Crippen molar-refractivity contribution in [3.63, 3.8) is 0 Å². The van der Waals surface area contributed by atoms with Gasteiger partial charge < -0.3 is 4.74 Å². The van der Waals surface area contributed by atoms with Crippen LogP contribution in [-0.2, 0) is 0 Å². The molecule has 0 amide bonds. The van der Waals surface area contributed by atoms with Crippen LogP contribution in [0.1, 0.15) is 22.4 Å². The van der Waals surface area contributed by atoms with Crippen LogP contribution >= 0.6 is 0 Å². The summed E-state index contributed by atoms with van der Waals surface area (Å²) in [7, 11) is 1.45. The Morgan fingerprint density at radius 3 is 2.14 bits per heavy atom. The van der Waals surface area contributed by atoms with Crippen molar-refractivity contribution in [2.75, 3.05) is 7.11 Å². The fourth-order valence-electron chi connectivity index (χ4n) is 1.27. The Hall–Kier alpha value is -2.07. The predicted molar refractivity (Wildman–Crippen MR) is 49.7 cm³/mol. The van der Waals surface area contributed by atoms with Crippen molar-refractivity contribution in [2.45, 2.75) is 13.8 Å². The quantitative estimate of drug-likeness (QED) is 0.667. The summed E-state index contributed by atoms with van der Waals surface area (Å²) in [5, 5.41) is 17.7. The molecule has 0 aliphatic carbocycles. The van der Waals surface area contributed by atoms with E-state index in [1.807, 2.05) is 12.1 Å². The van der Waals surface area contributed by atoms with Crippen molar-refractivity contribution in [1.82, 2.24) is 4.98 Å². The number of methoxy groups -OCH3 is 1. The molecule has 4 heteroatoms. The molecular weight excluding hydrogens is 178 g/mol. The Balaban J connectivity index is 3.60. The molecule has 0 fully saturated rings. The minimum Gasteiger partial charge on any atom is -0.480 e. The van der Waals surface area contributed by atoms with Gasteiger partial charge in [-0.05, 0) is 19.4 Å². The van der Waals surface area contributed by atoms with Gasteiger partial charge in [0.1, 0.15) is 17.7 Å². The first-order chi connectivity index (χ1) is 6.65. The molecule has 70 valence electrons. The van der Waals surface area contributed by atoms with Crippen LogP contribution in [0.5, 0.6) is 5.88 Å². The van der Waals surface area contributed by atoms with E-state index in [0.717, 1.165) is 0 Å². The zero-order valence-corrected chi connectivity index (χ0v) is 8.25. The number of nitrogens with zero attached hydrogens (tertiary/aromatic N) is 3. The van der Waals surface area contributed by atoms with Gasteiger partial charge in [0.15, 0.2) is 0 Å². The molecule has 0 saturated heterocycles. The summed E-state index contributed by atoms with van der Waals surface area (Å²) in [6.07, 6.45) is 0. The zero-order valence-electron chi connectivity index (χ0n) is 8.25. The number of hydrogen-bond acceptors (Lipinski definition) is 4. The minimum atomic E-state index is 0.279. The number of pyridine rings is 1. The van der Waals surface area contributed by atoms with Crippen molar-refractivity contribution < 1.29 is 4.74 Å². The van der Waals surface area contributed by atoms with E-state index < -0.39 is 0 Å². The Labute approximate surface area is 82.4 Å². The molecule has 0 aromatic carbocycles. The molecule has 1 aromatic rings. The van der Waals surface area contributed by atoms with Crippen LogP contribution in [0.25, 0.3) is 0 Å². The summed E-state index contributed by atoms with van der Waals surface area (Å²) in [4.78, 5) is 4.03. The van der Waals surface area contributed by atoms with Gasteiger partial charge in [-0.15, -0.1) is 0 Å². The fraction of sp³-hybridized carbons (Fsp3) is 0.300. The minimum absolute atomic E-state index is 0.279. The van der Waals surface area contributed by atoms with Gasteiger partial charge in [-0.1, -0.05) is 0 Å². The number of ether oxygens (including phenoxy) is 1. The highest BCUT2D eigenvalue weighted by Crippen LogP contribution is 2.23. The second-order valence-electron chi connectivity index (χ2n) is 2.81. The number of nitriles is 2. The van der Waals surface area contributed by atoms with Crippen LogP contribution in [0.15, 0.2) is 0 Å². The van der Waals surface area contributed by atoms with Gasteiger partial charge in [0.05, 0.1) is 18.4 Å². The molecule has 0 unspecified atom stereocenters. The zero-order chi connectivity index (χ0) is 10.7. The number of aryl methyl sites for hydroxylation is 1. The third-order valence-electron chi connectivity index (χ3n) is 2.01. The topological polar surface area (TPSA) is 69.7 Å². The summed E-state index contributed by atoms with van der Waals surface area (Å²) in [6, 6.07) is 4.00. The standard InChI is InChI=1S/C10H9N3O/c1-6-8(4-11)7(2)13-10(14-3)9(6)5-12/h1-3H3. The first-order valence-electron chi connectivity index (χ1n) is 4.01. The van der Waals surface area contributed by atoms with E-state index in [9.17, 15) is 0 Å². The van der Waals surface area contributed by atoms with Gasteiger partial charge >= 0.3 is 0 Å². The molecule has 0 aliphatic rings. The molecular formula is C10H9N3O. The molecule has 0 atom stereocenters. The predicted octanol–water partition coefficient (Wildman–Crippen LogP) is 1.45. The molecule has 0 spiro atoms. The van der Waals surface area contributed by atoms with Crippen molar-refractivity contribution in [3.8, 4) is 18.0 Å². The Morgan fingerprint density at radius 2 is 1.71 bits per heavy atom. The van der Waals surface area contributed by atoms with Crippen LogP contribution in [-0.4, -0.2) is 12.1 Å². The lowest BCUT2D eigenvalue weighted by Crippen LogP contribution is -2.01. The van der Waals surface area contributed by atoms with Crippen LogP contribution in [0, 0.1) is 36.5 Å². The molecule has 0 aliphatic heterocycles. The summed E-state index contributed by atoms with van der Waals surface area (Å²) in [5.74, 6) is 0.279. The summed E-state index contributed by atoms with van der Waals surface area (Å²) in [5.41, 5.74) is 1.98. The van der Waals surface area contributed by atoms with E-state index >= 15 is 0 Å². The van der Waals surface area contributed by atoms with Crippen LogP contribution < -0.4 is 4.74 Å². The highest BCUT2D eigenvalue weighted by molar-refractivity contribution is 5.53. The first kappa shape index (κ1) is 10.0. The Bertz CT molecular complexity index is 452. The van der Waals surface area contributed by atoms with Gasteiger partial charge in [0, 0.05) is 0 Å². The van der Waals surface area contributed by atoms with Crippen LogP contribution in [0.3, 0.4) is 0 Å². The van der Waals surface area contributed by atoms with E-state index in [4.69, 9.17) is 15.3 Å². The monoisotopic (exact) mass is 187 g/mol. The van der Waals surface area contributed by atoms with Gasteiger partial charge in [-0.2, -0.15) is 10.5 Å². The average molecular weight is 187 g/mol. The van der Waals surface area contributed by atoms with E-state index in [2.05, 4.69) is 4.98 Å². The average Bonchev–Trinajstić information content (AvgIpc) is 2.17. The Morgan fingerprint density at radius 1 is 1.14 bits per heavy atom. The molecule has 14 heavy (non-hydrogen) atoms. The van der Waals surface area contributed by atoms with Crippen molar-refractivity contribution in [1.29, 1.82) is 10.5 Å². The summed E-state index contributed by atoms with van der Waals surface area (Å²) in [6.45, 7) is 3.43. The van der Waals surface area contributed by atoms with Gasteiger partial charge in [-0.3, -0.25) is 0 Å². The van der Waals surface area contributed by atoms with Gasteiger partial charge in [0.2, 0.25) is 5.88 Å². The highest BCUT2D eigenvalue weighted by Gasteiger charge is 2.14. The van der Waals surface area contributed by atoms with E-state index in [1.165, 1.54) is 7.11 Å². The molecule has 1 heterocycles. The Kier molecular flexibility index (Phi) is 2.69. The summed E-state index contributed by atoms with van der Waals surface area (Å²) >= 11 is 0. The molecule has 1 rings (SSSR count). The maximum atomic E-state index is 8.86. The number of rotatable bonds is 1. The molecule has 0 saturated carbocycles. The van der Waals surface area contributed by atoms with Crippen molar-refractivity contribution >= 4 is 0 Å². The summed E-state index contributed by atoms with van der Waals surface area (Å²) < 4.78 is 4.95. The lowest BCUT2D eigenvalue weighted by Gasteiger charge is -2.07. The lowest BCUT2D eigenvalue weighted by molar-refractivity contribution is 0.395. The smallest absolute Gasteiger partial charge is 0.231 e. The largest absolute Gasteiger partial charge is 0.480 e. The second kappa shape index (κ2) is 3.76. The number of hydrogen-bond donors (Lipinski definition) is 0. The molecule has 0 N–H and O–H groups in total. The van der Waals surface area contributed by atoms with Gasteiger partial charge in [-0.25, -0.2) is 4.98 Å². The molecule has 4 nitrogen and oxygen atoms in total. The van der Waals surface area contributed by atoms with Crippen LogP contribution in [0.2, 0.25) is 0 Å².